The van der Waals surface area contributed by atoms with Crippen LogP contribution in [0.2, 0.25) is 42.8 Å². The van der Waals surface area contributed by atoms with Crippen LogP contribution < -0.4 is 10.4 Å². The third kappa shape index (κ3) is 6.85. The second kappa shape index (κ2) is 11.3. The Bertz CT molecular complexity index is 1030. The molecule has 0 N–H and O–H groups in total. The Morgan fingerprint density at radius 1 is 0.632 bits per heavy atom. The molecule has 7 heteroatoms. The highest BCUT2D eigenvalue weighted by Crippen LogP contribution is 2.42. The highest BCUT2D eigenvalue weighted by Gasteiger charge is 2.54. The Morgan fingerprint density at radius 2 is 1.05 bits per heavy atom. The van der Waals surface area contributed by atoms with Crippen LogP contribution in [0.25, 0.3) is 0 Å². The molecular weight excluding hydrogens is 521 g/mol. The van der Waals surface area contributed by atoms with E-state index in [1.54, 1.807) is 0 Å². The van der Waals surface area contributed by atoms with E-state index in [9.17, 15) is 4.79 Å². The van der Waals surface area contributed by atoms with Crippen LogP contribution >= 0.6 is 0 Å². The number of carbonyl (C=O) groups excluding carboxylic acids is 1. The topological polar surface area (TPSA) is 44.8 Å². The molecule has 1 fully saturated rings. The molecule has 210 valence electrons. The summed E-state index contributed by atoms with van der Waals surface area (Å²) in [6.45, 7) is 24.5. The number of hydrogen-bond acceptors (Lipinski definition) is 4. The lowest BCUT2D eigenvalue weighted by atomic mass is 9.91. The highest BCUT2D eigenvalue weighted by atomic mass is 28.4. The fourth-order valence-electron chi connectivity index (χ4n) is 5.22. The lowest BCUT2D eigenvalue weighted by molar-refractivity contribution is -0.141. The largest absolute Gasteiger partial charge is 0.408 e. The van der Waals surface area contributed by atoms with Crippen molar-refractivity contribution in [2.24, 2.45) is 0 Å². The van der Waals surface area contributed by atoms with Crippen LogP contribution in [0.15, 0.2) is 60.7 Å². The van der Waals surface area contributed by atoms with Crippen molar-refractivity contribution in [3.63, 3.8) is 0 Å². The van der Waals surface area contributed by atoms with Crippen molar-refractivity contribution in [3.8, 4) is 0 Å². The second-order valence-electron chi connectivity index (χ2n) is 14.4. The molecule has 0 unspecified atom stereocenters. The predicted octanol–water partition coefficient (Wildman–Crippen LogP) is 6.91. The molecule has 0 spiro atoms. The first-order chi connectivity index (χ1) is 17.4. The van der Waals surface area contributed by atoms with Crippen molar-refractivity contribution >= 4 is 41.1 Å². The molecule has 3 atom stereocenters. The van der Waals surface area contributed by atoms with E-state index in [1.807, 2.05) is 0 Å². The fraction of sp³-hybridized carbons (Fsp3) is 0.581. The lowest BCUT2D eigenvalue weighted by Gasteiger charge is -2.48. The molecular formula is C31H50O4Si3. The Labute approximate surface area is 234 Å². The first-order valence-corrected chi connectivity index (χ1v) is 22.3. The van der Waals surface area contributed by atoms with Crippen molar-refractivity contribution in [3.05, 3.63) is 60.7 Å². The van der Waals surface area contributed by atoms with E-state index in [0.717, 1.165) is 0 Å². The van der Waals surface area contributed by atoms with E-state index in [-0.39, 0.29) is 22.0 Å². The van der Waals surface area contributed by atoms with E-state index in [0.29, 0.717) is 12.8 Å². The monoisotopic (exact) mass is 570 g/mol. The standard InChI is InChI=1S/C31H50O4Si3/c1-30(2,3)37(10,11)35-28-23-24(22-27(29(28)32)34-36(7,8)9)33-38(31(4,5)6,25-18-14-12-15-19-25)26-20-16-13-17-21-26/h12-21,24,27-28H,22-23H2,1-11H3/t24-,27-,28-/m1/s1. The number of hydrogen-bond donors (Lipinski definition) is 0. The van der Waals surface area contributed by atoms with E-state index >= 15 is 0 Å². The normalized spacial score (nSPS) is 22.0. The first-order valence-electron chi connectivity index (χ1n) is 14.1. The smallest absolute Gasteiger partial charge is 0.261 e. The molecule has 0 bridgehead atoms. The van der Waals surface area contributed by atoms with Gasteiger partial charge in [-0.05, 0) is 53.2 Å². The van der Waals surface area contributed by atoms with Gasteiger partial charge in [0.25, 0.3) is 8.32 Å². The highest BCUT2D eigenvalue weighted by molar-refractivity contribution is 6.99. The lowest BCUT2D eigenvalue weighted by Crippen LogP contribution is -2.68. The minimum absolute atomic E-state index is 0.00814. The summed E-state index contributed by atoms with van der Waals surface area (Å²) in [5, 5.41) is 2.37. The molecule has 1 aliphatic rings. The number of benzene rings is 2. The number of ketones is 1. The van der Waals surface area contributed by atoms with Gasteiger partial charge >= 0.3 is 0 Å². The summed E-state index contributed by atoms with van der Waals surface area (Å²) < 4.78 is 20.8. The summed E-state index contributed by atoms with van der Waals surface area (Å²) in [5.41, 5.74) is 0. The zero-order valence-electron chi connectivity index (χ0n) is 25.6. The van der Waals surface area contributed by atoms with Gasteiger partial charge in [0.1, 0.15) is 12.2 Å². The van der Waals surface area contributed by atoms with Gasteiger partial charge in [-0.1, -0.05) is 102 Å². The molecule has 2 aromatic carbocycles. The van der Waals surface area contributed by atoms with Crippen LogP contribution in [-0.2, 0) is 18.1 Å². The Morgan fingerprint density at radius 3 is 1.42 bits per heavy atom. The van der Waals surface area contributed by atoms with E-state index < -0.39 is 37.2 Å². The van der Waals surface area contributed by atoms with Gasteiger partial charge in [0.2, 0.25) is 0 Å². The van der Waals surface area contributed by atoms with Gasteiger partial charge in [-0.3, -0.25) is 4.79 Å². The average molecular weight is 571 g/mol. The molecule has 2 aromatic rings. The van der Waals surface area contributed by atoms with E-state index in [1.165, 1.54) is 10.4 Å². The molecule has 3 rings (SSSR count). The fourth-order valence-corrected chi connectivity index (χ4v) is 12.3. The molecule has 1 aliphatic carbocycles. The maximum absolute atomic E-state index is 13.8. The zero-order valence-corrected chi connectivity index (χ0v) is 28.6. The van der Waals surface area contributed by atoms with Crippen LogP contribution in [0.5, 0.6) is 0 Å². The average Bonchev–Trinajstić information content (AvgIpc) is 2.79. The second-order valence-corrected chi connectivity index (χ2v) is 27.8. The first kappa shape index (κ1) is 31.2. The summed E-state index contributed by atoms with van der Waals surface area (Å²) >= 11 is 0. The Balaban J connectivity index is 2.10. The Kier molecular flexibility index (Phi) is 9.23. The van der Waals surface area contributed by atoms with Crippen LogP contribution in [0.3, 0.4) is 0 Å². The maximum Gasteiger partial charge on any atom is 0.261 e. The van der Waals surface area contributed by atoms with E-state index in [4.69, 9.17) is 13.3 Å². The van der Waals surface area contributed by atoms with Gasteiger partial charge in [0.15, 0.2) is 22.4 Å². The van der Waals surface area contributed by atoms with Crippen molar-refractivity contribution in [1.82, 2.24) is 0 Å². The van der Waals surface area contributed by atoms with Gasteiger partial charge in [-0.25, -0.2) is 0 Å². The molecule has 0 aromatic heterocycles. The third-order valence-corrected chi connectivity index (χ3v) is 18.7. The number of rotatable bonds is 8. The predicted molar refractivity (Wildman–Crippen MR) is 167 cm³/mol. The minimum atomic E-state index is -2.77. The van der Waals surface area contributed by atoms with Crippen molar-refractivity contribution in [1.29, 1.82) is 0 Å². The zero-order chi connectivity index (χ0) is 28.6. The number of Topliss-reactive ketones (excluding diaryl/α,β-unsaturated/α-hetero) is 1. The molecule has 0 saturated heterocycles. The van der Waals surface area contributed by atoms with Crippen LogP contribution in [0, 0.1) is 0 Å². The minimum Gasteiger partial charge on any atom is -0.408 e. The molecule has 0 heterocycles. The molecule has 0 aliphatic heterocycles. The molecule has 1 saturated carbocycles. The summed E-state index contributed by atoms with van der Waals surface area (Å²) in [7, 11) is -6.93. The van der Waals surface area contributed by atoms with Gasteiger partial charge in [-0.2, -0.15) is 0 Å². The summed E-state index contributed by atoms with van der Waals surface area (Å²) in [5.74, 6) is 0.0968. The third-order valence-electron chi connectivity index (χ3n) is 8.09. The van der Waals surface area contributed by atoms with Crippen LogP contribution in [-0.4, -0.2) is 49.0 Å². The molecule has 38 heavy (non-hydrogen) atoms. The van der Waals surface area contributed by atoms with Crippen LogP contribution in [0.4, 0.5) is 0 Å². The SMILES string of the molecule is CC(C)(C)[Si](C)(C)O[C@@H]1C[C@H](O[Si](c2ccccc2)(c2ccccc2)C(C)(C)C)C[C@@H](O[Si](C)(C)C)C1=O. The van der Waals surface area contributed by atoms with Gasteiger partial charge in [-0.15, -0.1) is 0 Å². The summed E-state index contributed by atoms with van der Waals surface area (Å²) in [6, 6.07) is 21.5. The maximum atomic E-state index is 13.8. The van der Waals surface area contributed by atoms with Gasteiger partial charge in [0.05, 0.1) is 6.10 Å². The van der Waals surface area contributed by atoms with Crippen molar-refractivity contribution in [2.45, 2.75) is 116 Å². The van der Waals surface area contributed by atoms with E-state index in [2.05, 4.69) is 135 Å². The van der Waals surface area contributed by atoms with Gasteiger partial charge in [0, 0.05) is 12.8 Å². The van der Waals surface area contributed by atoms with Crippen molar-refractivity contribution in [2.75, 3.05) is 0 Å². The Hall–Kier alpha value is -1.36. The molecule has 0 radical (unpaired) electrons. The van der Waals surface area contributed by atoms with Gasteiger partial charge < -0.3 is 13.3 Å². The molecule has 0 amide bonds. The molecule has 4 nitrogen and oxygen atoms in total. The van der Waals surface area contributed by atoms with Crippen LogP contribution in [0.1, 0.15) is 54.4 Å². The van der Waals surface area contributed by atoms with Crippen molar-refractivity contribution < 1.29 is 18.1 Å². The quantitative estimate of drug-likeness (QED) is 0.324. The summed E-state index contributed by atoms with van der Waals surface area (Å²) in [6.07, 6.45) is 0.00421. The summed E-state index contributed by atoms with van der Waals surface area (Å²) in [4.78, 5) is 13.8. The number of carbonyl (C=O) groups is 1.